The summed E-state index contributed by atoms with van der Waals surface area (Å²) in [5.41, 5.74) is -1.34. The van der Waals surface area contributed by atoms with E-state index in [1.54, 1.807) is 6.92 Å². The number of nitrogens with one attached hydrogen (secondary N) is 1. The van der Waals surface area contributed by atoms with Gasteiger partial charge < -0.3 is 5.32 Å². The quantitative estimate of drug-likeness (QED) is 0.523. The highest BCUT2D eigenvalue weighted by Crippen LogP contribution is 2.33. The molecular formula is C19H18ClF4N3O3S. The van der Waals surface area contributed by atoms with Gasteiger partial charge in [0.1, 0.15) is 17.0 Å². The summed E-state index contributed by atoms with van der Waals surface area (Å²) in [7, 11) is -4.13. The summed E-state index contributed by atoms with van der Waals surface area (Å²) in [5, 5.41) is 2.20. The Bertz CT molecular complexity index is 1080. The van der Waals surface area contributed by atoms with Crippen molar-refractivity contribution >= 4 is 27.5 Å². The van der Waals surface area contributed by atoms with Gasteiger partial charge in [-0.3, -0.25) is 4.79 Å². The number of halogens is 5. The summed E-state index contributed by atoms with van der Waals surface area (Å²) in [4.78, 5) is 16.0. The van der Waals surface area contributed by atoms with E-state index in [4.69, 9.17) is 11.6 Å². The van der Waals surface area contributed by atoms with Crippen LogP contribution in [0, 0.1) is 5.82 Å². The average Bonchev–Trinajstić information content (AvgIpc) is 3.08. The molecule has 0 aliphatic carbocycles. The fourth-order valence-corrected chi connectivity index (χ4v) is 5.53. The van der Waals surface area contributed by atoms with E-state index in [1.165, 1.54) is 0 Å². The molecule has 1 aliphatic heterocycles. The number of alkyl halides is 3. The van der Waals surface area contributed by atoms with E-state index in [0.29, 0.717) is 12.6 Å². The molecule has 1 aromatic heterocycles. The number of rotatable bonds is 5. The van der Waals surface area contributed by atoms with Gasteiger partial charge in [0.2, 0.25) is 15.9 Å². The molecule has 31 heavy (non-hydrogen) atoms. The van der Waals surface area contributed by atoms with Gasteiger partial charge in [-0.2, -0.15) is 17.5 Å². The summed E-state index contributed by atoms with van der Waals surface area (Å²) in [5.74, 6) is -1.35. The van der Waals surface area contributed by atoms with Gasteiger partial charge >= 0.3 is 6.18 Å². The fraction of sp³-hybridized carbons (Fsp3) is 0.368. The number of carbonyl (C=O) groups is 1. The fourth-order valence-electron chi connectivity index (χ4n) is 3.51. The standard InChI is InChI=1S/C19H18ClF4N3O3S/c1-11-2-7-16(27(11)31(29,30)14-5-3-13(21)4-6-14)18(28)26-9-12-8-17(20)25-10-15(12)19(22,23)24/h3-6,8,10-11,16H,2,7,9H2,1H3,(H,26,28)/t11?,16-/m0/s1. The number of nitrogens with zero attached hydrogens (tertiary/aromatic N) is 2. The molecule has 0 saturated carbocycles. The molecule has 1 unspecified atom stereocenters. The van der Waals surface area contributed by atoms with E-state index < -0.39 is 52.1 Å². The number of carbonyl (C=O) groups excluding carboxylic acids is 1. The number of sulfonamides is 1. The van der Waals surface area contributed by atoms with E-state index in [9.17, 15) is 30.8 Å². The maximum absolute atomic E-state index is 13.2. The molecule has 1 aromatic carbocycles. The van der Waals surface area contributed by atoms with Crippen LogP contribution in [0.5, 0.6) is 0 Å². The average molecular weight is 480 g/mol. The van der Waals surface area contributed by atoms with E-state index >= 15 is 0 Å². The first-order valence-electron chi connectivity index (χ1n) is 9.19. The largest absolute Gasteiger partial charge is 0.418 e. The van der Waals surface area contributed by atoms with Crippen LogP contribution in [0.15, 0.2) is 41.4 Å². The van der Waals surface area contributed by atoms with Gasteiger partial charge in [0.25, 0.3) is 0 Å². The summed E-state index contributed by atoms with van der Waals surface area (Å²) >= 11 is 5.68. The molecule has 1 saturated heterocycles. The van der Waals surface area contributed by atoms with Crippen molar-refractivity contribution in [1.29, 1.82) is 0 Å². The van der Waals surface area contributed by atoms with Crippen molar-refractivity contribution in [1.82, 2.24) is 14.6 Å². The number of hydrogen-bond donors (Lipinski definition) is 1. The zero-order valence-electron chi connectivity index (χ0n) is 16.2. The molecule has 0 spiro atoms. The van der Waals surface area contributed by atoms with Gasteiger partial charge in [-0.15, -0.1) is 0 Å². The predicted octanol–water partition coefficient (Wildman–Crippen LogP) is 3.75. The van der Waals surface area contributed by atoms with Crippen molar-refractivity contribution in [2.75, 3.05) is 0 Å². The molecule has 2 atom stereocenters. The van der Waals surface area contributed by atoms with Gasteiger partial charge in [-0.1, -0.05) is 11.6 Å². The molecule has 1 amide bonds. The summed E-state index contributed by atoms with van der Waals surface area (Å²) < 4.78 is 79.8. The van der Waals surface area contributed by atoms with E-state index in [-0.39, 0.29) is 22.0 Å². The molecule has 1 N–H and O–H groups in total. The highest BCUT2D eigenvalue weighted by molar-refractivity contribution is 7.89. The molecule has 3 rings (SSSR count). The second kappa shape index (κ2) is 8.71. The molecule has 12 heteroatoms. The maximum atomic E-state index is 13.2. The van der Waals surface area contributed by atoms with Crippen molar-refractivity contribution in [2.24, 2.45) is 0 Å². The Kier molecular flexibility index (Phi) is 6.59. The lowest BCUT2D eigenvalue weighted by molar-refractivity contribution is -0.138. The number of pyridine rings is 1. The monoisotopic (exact) mass is 479 g/mol. The van der Waals surface area contributed by atoms with Crippen LogP contribution in [-0.2, 0) is 27.5 Å². The maximum Gasteiger partial charge on any atom is 0.418 e. The topological polar surface area (TPSA) is 79.4 Å². The molecule has 0 bridgehead atoms. The lowest BCUT2D eigenvalue weighted by atomic mass is 10.1. The van der Waals surface area contributed by atoms with Gasteiger partial charge in [0.05, 0.1) is 10.5 Å². The molecule has 1 fully saturated rings. The molecule has 168 valence electrons. The Labute approximate surface area is 181 Å². The van der Waals surface area contributed by atoms with Crippen LogP contribution >= 0.6 is 11.6 Å². The first-order chi connectivity index (χ1) is 14.4. The summed E-state index contributed by atoms with van der Waals surface area (Å²) in [6, 6.07) is 3.54. The van der Waals surface area contributed by atoms with E-state index in [0.717, 1.165) is 34.6 Å². The lowest BCUT2D eigenvalue weighted by Gasteiger charge is -2.27. The summed E-state index contributed by atoms with van der Waals surface area (Å²) in [6.45, 7) is 1.12. The second-order valence-electron chi connectivity index (χ2n) is 7.11. The highest BCUT2D eigenvalue weighted by atomic mass is 35.5. The van der Waals surface area contributed by atoms with E-state index in [2.05, 4.69) is 10.3 Å². The van der Waals surface area contributed by atoms with Crippen molar-refractivity contribution < 1.29 is 30.8 Å². The third kappa shape index (κ3) is 4.99. The SMILES string of the molecule is CC1CC[C@@H](C(=O)NCc2cc(Cl)ncc2C(F)(F)F)N1S(=O)(=O)c1ccc(F)cc1. The smallest absolute Gasteiger partial charge is 0.351 e. The van der Waals surface area contributed by atoms with Gasteiger partial charge in [-0.25, -0.2) is 17.8 Å². The highest BCUT2D eigenvalue weighted by Gasteiger charge is 2.44. The van der Waals surface area contributed by atoms with Gasteiger partial charge in [0.15, 0.2) is 0 Å². The molecule has 2 aromatic rings. The number of amides is 1. The third-order valence-electron chi connectivity index (χ3n) is 5.01. The molecule has 1 aliphatic rings. The van der Waals surface area contributed by atoms with Crippen LogP contribution in [0.2, 0.25) is 5.15 Å². The van der Waals surface area contributed by atoms with Gasteiger partial charge in [0, 0.05) is 18.8 Å². The molecule has 2 heterocycles. The zero-order valence-corrected chi connectivity index (χ0v) is 17.7. The normalized spacial score (nSPS) is 20.1. The van der Waals surface area contributed by atoms with Crippen LogP contribution in [-0.4, -0.2) is 35.7 Å². The van der Waals surface area contributed by atoms with Crippen LogP contribution in [0.25, 0.3) is 0 Å². The van der Waals surface area contributed by atoms with Crippen LogP contribution in [0.4, 0.5) is 17.6 Å². The van der Waals surface area contributed by atoms with Crippen molar-refractivity contribution in [3.8, 4) is 0 Å². The minimum absolute atomic E-state index is 0.174. The first kappa shape index (κ1) is 23.4. The number of aromatic nitrogens is 1. The van der Waals surface area contributed by atoms with E-state index in [1.807, 2.05) is 0 Å². The van der Waals surface area contributed by atoms with Crippen molar-refractivity contribution in [3.05, 3.63) is 58.6 Å². The first-order valence-corrected chi connectivity index (χ1v) is 11.0. The third-order valence-corrected chi connectivity index (χ3v) is 7.25. The number of benzene rings is 1. The molecule has 6 nitrogen and oxygen atoms in total. The zero-order chi connectivity index (χ0) is 23.0. The van der Waals surface area contributed by atoms with Crippen molar-refractivity contribution in [3.63, 3.8) is 0 Å². The molecule has 0 radical (unpaired) electrons. The minimum atomic E-state index is -4.70. The Morgan fingerprint density at radius 3 is 2.52 bits per heavy atom. The Balaban J connectivity index is 1.82. The molecular weight excluding hydrogens is 462 g/mol. The van der Waals surface area contributed by atoms with Crippen LogP contribution < -0.4 is 5.32 Å². The Morgan fingerprint density at radius 1 is 1.26 bits per heavy atom. The van der Waals surface area contributed by atoms with Crippen molar-refractivity contribution in [2.45, 2.75) is 49.5 Å². The van der Waals surface area contributed by atoms with Gasteiger partial charge in [-0.05, 0) is 55.7 Å². The second-order valence-corrected chi connectivity index (χ2v) is 9.34. The Hall–Kier alpha value is -2.24. The number of hydrogen-bond acceptors (Lipinski definition) is 4. The lowest BCUT2D eigenvalue weighted by Crippen LogP contribution is -2.48. The van der Waals surface area contributed by atoms with Crippen LogP contribution in [0.3, 0.4) is 0 Å². The predicted molar refractivity (Wildman–Crippen MR) is 104 cm³/mol. The Morgan fingerprint density at radius 2 is 1.90 bits per heavy atom. The summed E-state index contributed by atoms with van der Waals surface area (Å²) in [6.07, 6.45) is -3.55. The van der Waals surface area contributed by atoms with Crippen LogP contribution in [0.1, 0.15) is 30.9 Å². The minimum Gasteiger partial charge on any atom is -0.351 e.